The molecule has 5 amide bonds. The molecule has 0 saturated carbocycles. The van der Waals surface area contributed by atoms with Gasteiger partial charge in [-0.15, -0.1) is 0 Å². The van der Waals surface area contributed by atoms with Gasteiger partial charge < -0.3 is 4.74 Å². The van der Waals surface area contributed by atoms with E-state index in [1.165, 1.54) is 11.4 Å². The predicted octanol–water partition coefficient (Wildman–Crippen LogP) is 1.38. The maximum atomic E-state index is 14.0. The minimum Gasteiger partial charge on any atom is -0.417 e. The van der Waals surface area contributed by atoms with E-state index in [1.807, 2.05) is 5.32 Å². The van der Waals surface area contributed by atoms with Gasteiger partial charge in [0.2, 0.25) is 0 Å². The Balaban J connectivity index is 1.86. The van der Waals surface area contributed by atoms with Gasteiger partial charge in [-0.2, -0.15) is 18.2 Å². The van der Waals surface area contributed by atoms with Crippen LogP contribution in [0.4, 0.5) is 23.7 Å². The second-order valence-corrected chi connectivity index (χ2v) is 6.55. The fourth-order valence-electron chi connectivity index (χ4n) is 2.83. The van der Waals surface area contributed by atoms with E-state index in [0.717, 1.165) is 12.1 Å². The maximum absolute atomic E-state index is 14.0. The number of hydrogen-bond acceptors (Lipinski definition) is 7. The molecular weight excluding hydrogens is 439 g/mol. The number of carbonyl (C=O) groups is 5. The fraction of sp³-hybridized carbons (Fsp3) is 0.312. The third-order valence-electron chi connectivity index (χ3n) is 4.15. The van der Waals surface area contributed by atoms with E-state index in [-0.39, 0.29) is 22.9 Å². The number of hydrogen-bond donors (Lipinski definition) is 2. The summed E-state index contributed by atoms with van der Waals surface area (Å²) in [6, 6.07) is 2.96. The van der Waals surface area contributed by atoms with E-state index >= 15 is 0 Å². The summed E-state index contributed by atoms with van der Waals surface area (Å²) in [4.78, 5) is 63.6. The topological polar surface area (TPSA) is 131 Å². The van der Waals surface area contributed by atoms with Crippen LogP contribution in [0.5, 0.6) is 0 Å². The highest BCUT2D eigenvalue weighted by Gasteiger charge is 2.68. The Labute approximate surface area is 170 Å². The summed E-state index contributed by atoms with van der Waals surface area (Å²) < 4.78 is 46.2. The molecule has 0 bridgehead atoms. The summed E-state index contributed by atoms with van der Waals surface area (Å²) in [5.41, 5.74) is -5.14. The first-order valence-corrected chi connectivity index (χ1v) is 8.53. The number of imide groups is 2. The quantitative estimate of drug-likeness (QED) is 0.664. The van der Waals surface area contributed by atoms with Crippen molar-refractivity contribution in [2.45, 2.75) is 24.6 Å². The third-order valence-corrected chi connectivity index (χ3v) is 4.38. The lowest BCUT2D eigenvalue weighted by Gasteiger charge is -2.37. The lowest BCUT2D eigenvalue weighted by atomic mass is 9.89. The number of rotatable bonds is 4. The van der Waals surface area contributed by atoms with Crippen LogP contribution in [-0.4, -0.2) is 47.6 Å². The molecule has 10 nitrogen and oxygen atoms in total. The predicted molar refractivity (Wildman–Crippen MR) is 89.5 cm³/mol. The van der Waals surface area contributed by atoms with Crippen LogP contribution in [0.1, 0.15) is 18.4 Å². The van der Waals surface area contributed by atoms with Crippen molar-refractivity contribution < 1.29 is 46.7 Å². The molecule has 30 heavy (non-hydrogen) atoms. The molecule has 0 aliphatic carbocycles. The molecule has 0 radical (unpaired) electrons. The van der Waals surface area contributed by atoms with E-state index < -0.39 is 59.4 Å². The van der Waals surface area contributed by atoms with Crippen LogP contribution in [0.25, 0.3) is 0 Å². The molecule has 1 saturated heterocycles. The van der Waals surface area contributed by atoms with Gasteiger partial charge in [0.25, 0.3) is 23.6 Å². The van der Waals surface area contributed by atoms with Crippen LogP contribution in [0.15, 0.2) is 18.2 Å². The highest BCUT2D eigenvalue weighted by molar-refractivity contribution is 6.30. The lowest BCUT2D eigenvalue weighted by Crippen LogP contribution is -2.60. The van der Waals surface area contributed by atoms with Crippen molar-refractivity contribution in [1.82, 2.24) is 10.4 Å². The van der Waals surface area contributed by atoms with E-state index in [0.29, 0.717) is 0 Å². The van der Waals surface area contributed by atoms with Crippen molar-refractivity contribution in [2.24, 2.45) is 0 Å². The molecule has 0 spiro atoms. The number of cyclic esters (lactones) is 1. The number of alkyl halides is 3. The number of fused-ring (bicyclic) bond motifs is 1. The molecule has 1 atom stereocenters. The van der Waals surface area contributed by atoms with Crippen LogP contribution in [0, 0.1) is 0 Å². The number of nitrogens with one attached hydrogen (secondary N) is 2. The van der Waals surface area contributed by atoms with Crippen molar-refractivity contribution >= 4 is 47.0 Å². The smallest absolute Gasteiger partial charge is 0.417 e. The minimum absolute atomic E-state index is 0.156. The van der Waals surface area contributed by atoms with Crippen molar-refractivity contribution in [1.29, 1.82) is 0 Å². The van der Waals surface area contributed by atoms with E-state index in [9.17, 15) is 37.1 Å². The van der Waals surface area contributed by atoms with Crippen LogP contribution in [-0.2, 0) is 34.4 Å². The van der Waals surface area contributed by atoms with E-state index in [1.54, 1.807) is 0 Å². The Morgan fingerprint density at radius 1 is 1.23 bits per heavy atom. The number of hydroxylamine groups is 2. The number of ether oxygens (including phenoxy) is 1. The largest absolute Gasteiger partial charge is 0.442 e. The standard InChI is InChI=1S/C16H11ClF3N3O7/c17-7-1-2-9-8(5-7)15(16(18,19)20,30-14(28)21-9)13(27)22-10(24)6-29-23-11(25)3-4-12(23)26/h1-2,5H,3-4,6H2,(H,21,28)(H,22,24,27)/t15-/m1/s1. The lowest BCUT2D eigenvalue weighted by molar-refractivity contribution is -0.255. The molecule has 2 aliphatic rings. The van der Waals surface area contributed by atoms with Gasteiger partial charge >= 0.3 is 17.9 Å². The third kappa shape index (κ3) is 3.68. The molecule has 2 heterocycles. The highest BCUT2D eigenvalue weighted by atomic mass is 35.5. The zero-order valence-electron chi connectivity index (χ0n) is 14.7. The zero-order chi connectivity index (χ0) is 22.3. The Morgan fingerprint density at radius 3 is 2.47 bits per heavy atom. The maximum Gasteiger partial charge on any atom is 0.442 e. The average Bonchev–Trinajstić information content (AvgIpc) is 2.96. The number of amides is 5. The van der Waals surface area contributed by atoms with Crippen molar-refractivity contribution in [3.05, 3.63) is 28.8 Å². The Kier molecular flexibility index (Phi) is 5.43. The first-order valence-electron chi connectivity index (χ1n) is 8.15. The molecule has 14 heteroatoms. The van der Waals surface area contributed by atoms with Gasteiger partial charge in [-0.3, -0.25) is 34.6 Å². The Hall–Kier alpha value is -3.19. The number of nitrogens with zero attached hydrogens (tertiary/aromatic N) is 1. The van der Waals surface area contributed by atoms with Crippen LogP contribution in [0.3, 0.4) is 0 Å². The summed E-state index contributed by atoms with van der Waals surface area (Å²) in [5.74, 6) is -4.96. The molecule has 0 aromatic heterocycles. The summed E-state index contributed by atoms with van der Waals surface area (Å²) in [7, 11) is 0. The minimum atomic E-state index is -5.49. The van der Waals surface area contributed by atoms with E-state index in [4.69, 9.17) is 11.6 Å². The SMILES string of the molecule is O=C(CON1C(=O)CCC1=O)NC(=O)[C@]1(C(F)(F)F)OC(=O)Nc2ccc(Cl)cc21. The summed E-state index contributed by atoms with van der Waals surface area (Å²) in [5, 5.41) is 3.50. The second-order valence-electron chi connectivity index (χ2n) is 6.12. The van der Waals surface area contributed by atoms with Gasteiger partial charge in [0, 0.05) is 23.4 Å². The van der Waals surface area contributed by atoms with E-state index in [2.05, 4.69) is 9.57 Å². The first kappa shape index (κ1) is 21.5. The second kappa shape index (κ2) is 7.57. The highest BCUT2D eigenvalue weighted by Crippen LogP contribution is 2.48. The van der Waals surface area contributed by atoms with Crippen LogP contribution in [0.2, 0.25) is 5.02 Å². The fourth-order valence-corrected chi connectivity index (χ4v) is 3.00. The zero-order valence-corrected chi connectivity index (χ0v) is 15.4. The molecular formula is C16H11ClF3N3O7. The molecule has 1 fully saturated rings. The monoisotopic (exact) mass is 449 g/mol. The molecule has 160 valence electrons. The van der Waals surface area contributed by atoms with Gasteiger partial charge in [0.05, 0.1) is 5.69 Å². The van der Waals surface area contributed by atoms with Crippen molar-refractivity contribution in [3.8, 4) is 0 Å². The van der Waals surface area contributed by atoms with Crippen molar-refractivity contribution in [3.63, 3.8) is 0 Å². The summed E-state index contributed by atoms with van der Waals surface area (Å²) in [6.07, 6.45) is -7.39. The normalized spacial score (nSPS) is 21.1. The molecule has 2 N–H and O–H groups in total. The van der Waals surface area contributed by atoms with Crippen LogP contribution >= 0.6 is 11.6 Å². The molecule has 2 aliphatic heterocycles. The van der Waals surface area contributed by atoms with Gasteiger partial charge in [-0.1, -0.05) is 11.6 Å². The molecule has 1 aromatic carbocycles. The Morgan fingerprint density at radius 2 is 1.87 bits per heavy atom. The van der Waals surface area contributed by atoms with Gasteiger partial charge in [-0.25, -0.2) is 4.79 Å². The molecule has 1 aromatic rings. The number of halogens is 4. The van der Waals surface area contributed by atoms with Gasteiger partial charge in [0.1, 0.15) is 0 Å². The summed E-state index contributed by atoms with van der Waals surface area (Å²) >= 11 is 5.73. The van der Waals surface area contributed by atoms with Crippen molar-refractivity contribution in [2.75, 3.05) is 11.9 Å². The number of benzene rings is 1. The summed E-state index contributed by atoms with van der Waals surface area (Å²) in [6.45, 7) is -1.12. The van der Waals surface area contributed by atoms with Gasteiger partial charge in [-0.05, 0) is 18.2 Å². The van der Waals surface area contributed by atoms with Crippen LogP contribution < -0.4 is 10.6 Å². The van der Waals surface area contributed by atoms with Gasteiger partial charge in [0.15, 0.2) is 6.61 Å². The number of anilines is 1. The Bertz CT molecular complexity index is 952. The first-order chi connectivity index (χ1) is 14.0. The average molecular weight is 450 g/mol. The number of carbonyl (C=O) groups excluding carboxylic acids is 5. The molecule has 0 unspecified atom stereocenters. The molecule has 3 rings (SSSR count).